The van der Waals surface area contributed by atoms with E-state index in [1.54, 1.807) is 0 Å². The summed E-state index contributed by atoms with van der Waals surface area (Å²) in [5.41, 5.74) is 5.60. The number of nitrogens with two attached hydrogens (primary N) is 1. The number of amidine groups is 1. The molecule has 1 heterocycles. The van der Waals surface area contributed by atoms with Gasteiger partial charge in [-0.25, -0.2) is 0 Å². The van der Waals surface area contributed by atoms with Crippen LogP contribution in [0.3, 0.4) is 0 Å². The van der Waals surface area contributed by atoms with E-state index < -0.39 is 0 Å². The monoisotopic (exact) mass is 170 g/mol. The molecule has 1 atom stereocenters. The first kappa shape index (κ1) is 9.03. The molecular weight excluding hydrogens is 156 g/mol. The molecule has 0 fully saturated rings. The van der Waals surface area contributed by atoms with Crippen LogP contribution >= 0.6 is 0 Å². The molecule has 0 amide bonds. The minimum Gasteiger partial charge on any atom is -0.468 e. The molecular formula is C8H14N2O2. The Kier molecular flexibility index (Phi) is 3.08. The first-order valence-electron chi connectivity index (χ1n) is 4.13. The molecule has 4 heteroatoms. The van der Waals surface area contributed by atoms with Gasteiger partial charge in [-0.3, -0.25) is 9.79 Å². The third kappa shape index (κ3) is 1.96. The number of methoxy groups -OCH3 is 1. The van der Waals surface area contributed by atoms with E-state index in [0.29, 0.717) is 5.84 Å². The van der Waals surface area contributed by atoms with E-state index in [1.807, 2.05) is 0 Å². The SMILES string of the molecule is COC(=O)C1CCCCN=C1N. The minimum absolute atomic E-state index is 0.266. The number of carbonyl (C=O) groups excluding carboxylic acids is 1. The van der Waals surface area contributed by atoms with E-state index >= 15 is 0 Å². The van der Waals surface area contributed by atoms with Gasteiger partial charge in [-0.05, 0) is 12.8 Å². The smallest absolute Gasteiger partial charge is 0.316 e. The van der Waals surface area contributed by atoms with Gasteiger partial charge in [0.25, 0.3) is 0 Å². The average molecular weight is 170 g/mol. The molecule has 0 spiro atoms. The van der Waals surface area contributed by atoms with Crippen molar-refractivity contribution in [2.45, 2.75) is 19.3 Å². The molecule has 12 heavy (non-hydrogen) atoms. The summed E-state index contributed by atoms with van der Waals surface area (Å²) in [5.74, 6) is -0.144. The highest BCUT2D eigenvalue weighted by molar-refractivity contribution is 6.00. The van der Waals surface area contributed by atoms with Gasteiger partial charge in [0.1, 0.15) is 11.8 Å². The molecule has 0 aromatic carbocycles. The molecule has 68 valence electrons. The summed E-state index contributed by atoms with van der Waals surface area (Å²) in [5, 5.41) is 0. The fraction of sp³-hybridized carbons (Fsp3) is 0.750. The van der Waals surface area contributed by atoms with Crippen molar-refractivity contribution < 1.29 is 9.53 Å². The number of ether oxygens (including phenoxy) is 1. The van der Waals surface area contributed by atoms with Gasteiger partial charge < -0.3 is 10.5 Å². The van der Waals surface area contributed by atoms with E-state index in [0.717, 1.165) is 25.8 Å². The van der Waals surface area contributed by atoms with Crippen LogP contribution in [0.5, 0.6) is 0 Å². The molecule has 1 aliphatic rings. The third-order valence-corrected chi connectivity index (χ3v) is 2.04. The second-order valence-electron chi connectivity index (χ2n) is 2.88. The maximum atomic E-state index is 11.1. The molecule has 4 nitrogen and oxygen atoms in total. The minimum atomic E-state index is -0.308. The molecule has 0 aromatic rings. The van der Waals surface area contributed by atoms with E-state index in [9.17, 15) is 4.79 Å². The standard InChI is InChI=1S/C8H14N2O2/c1-12-8(11)6-4-2-3-5-10-7(6)9/h6H,2-5H2,1H3,(H2,9,10). The van der Waals surface area contributed by atoms with Crippen LogP contribution in [0.2, 0.25) is 0 Å². The molecule has 0 radical (unpaired) electrons. The van der Waals surface area contributed by atoms with Gasteiger partial charge in [-0.1, -0.05) is 6.42 Å². The van der Waals surface area contributed by atoms with Gasteiger partial charge in [-0.15, -0.1) is 0 Å². The predicted molar refractivity (Wildman–Crippen MR) is 45.8 cm³/mol. The van der Waals surface area contributed by atoms with Gasteiger partial charge in [0, 0.05) is 6.54 Å². The molecule has 0 aromatic heterocycles. The summed E-state index contributed by atoms with van der Waals surface area (Å²) < 4.78 is 4.62. The summed E-state index contributed by atoms with van der Waals surface area (Å²) in [6.07, 6.45) is 2.76. The molecule has 2 N–H and O–H groups in total. The number of hydrogen-bond acceptors (Lipinski definition) is 4. The molecule has 0 saturated carbocycles. The van der Waals surface area contributed by atoms with Crippen LogP contribution in [-0.2, 0) is 9.53 Å². The zero-order valence-electron chi connectivity index (χ0n) is 7.25. The Balaban J connectivity index is 2.66. The van der Waals surface area contributed by atoms with Crippen molar-refractivity contribution in [1.82, 2.24) is 0 Å². The van der Waals surface area contributed by atoms with Crippen molar-refractivity contribution in [3.8, 4) is 0 Å². The molecule has 1 unspecified atom stereocenters. The number of rotatable bonds is 1. The highest BCUT2D eigenvalue weighted by Gasteiger charge is 2.23. The number of aliphatic imine (C=N–C) groups is 1. The van der Waals surface area contributed by atoms with Crippen LogP contribution in [-0.4, -0.2) is 25.5 Å². The van der Waals surface area contributed by atoms with E-state index in [2.05, 4.69) is 9.73 Å². The Bertz CT molecular complexity index is 201. The number of hydrogen-bond donors (Lipinski definition) is 1. The van der Waals surface area contributed by atoms with Crippen molar-refractivity contribution in [2.75, 3.05) is 13.7 Å². The van der Waals surface area contributed by atoms with Crippen molar-refractivity contribution in [2.24, 2.45) is 16.6 Å². The lowest BCUT2D eigenvalue weighted by molar-refractivity contribution is -0.143. The molecule has 0 saturated heterocycles. The summed E-state index contributed by atoms with van der Waals surface area (Å²) in [7, 11) is 1.38. The largest absolute Gasteiger partial charge is 0.468 e. The first-order chi connectivity index (χ1) is 5.75. The van der Waals surface area contributed by atoms with Crippen LogP contribution in [0.25, 0.3) is 0 Å². The highest BCUT2D eigenvalue weighted by Crippen LogP contribution is 2.14. The summed E-state index contributed by atoms with van der Waals surface area (Å²) >= 11 is 0. The van der Waals surface area contributed by atoms with Gasteiger partial charge in [0.2, 0.25) is 0 Å². The van der Waals surface area contributed by atoms with E-state index in [1.165, 1.54) is 7.11 Å². The second kappa shape index (κ2) is 4.09. The van der Waals surface area contributed by atoms with Crippen LogP contribution in [0.4, 0.5) is 0 Å². The maximum Gasteiger partial charge on any atom is 0.316 e. The second-order valence-corrected chi connectivity index (χ2v) is 2.88. The Hall–Kier alpha value is -1.06. The van der Waals surface area contributed by atoms with Crippen molar-refractivity contribution in [3.05, 3.63) is 0 Å². The normalized spacial score (nSPS) is 24.1. The Morgan fingerprint density at radius 3 is 3.08 bits per heavy atom. The third-order valence-electron chi connectivity index (χ3n) is 2.04. The quantitative estimate of drug-likeness (QED) is 0.576. The summed E-state index contributed by atoms with van der Waals surface area (Å²) in [6, 6.07) is 0. The summed E-state index contributed by atoms with van der Waals surface area (Å²) in [6.45, 7) is 0.735. The highest BCUT2D eigenvalue weighted by atomic mass is 16.5. The van der Waals surface area contributed by atoms with E-state index in [4.69, 9.17) is 5.73 Å². The van der Waals surface area contributed by atoms with Gasteiger partial charge in [-0.2, -0.15) is 0 Å². The number of nitrogens with zero attached hydrogens (tertiary/aromatic N) is 1. The average Bonchev–Trinajstić information content (AvgIpc) is 2.28. The lowest BCUT2D eigenvalue weighted by Gasteiger charge is -2.10. The Morgan fingerprint density at radius 1 is 1.67 bits per heavy atom. The summed E-state index contributed by atoms with van der Waals surface area (Å²) in [4.78, 5) is 15.2. The van der Waals surface area contributed by atoms with E-state index in [-0.39, 0.29) is 11.9 Å². The first-order valence-corrected chi connectivity index (χ1v) is 4.13. The van der Waals surface area contributed by atoms with Crippen molar-refractivity contribution in [1.29, 1.82) is 0 Å². The van der Waals surface area contributed by atoms with Crippen LogP contribution in [0.1, 0.15) is 19.3 Å². The maximum absolute atomic E-state index is 11.1. The fourth-order valence-corrected chi connectivity index (χ4v) is 1.31. The fourth-order valence-electron chi connectivity index (χ4n) is 1.31. The topological polar surface area (TPSA) is 64.7 Å². The zero-order valence-corrected chi connectivity index (χ0v) is 7.25. The number of carbonyl (C=O) groups is 1. The van der Waals surface area contributed by atoms with Gasteiger partial charge in [0.05, 0.1) is 7.11 Å². The van der Waals surface area contributed by atoms with Crippen molar-refractivity contribution >= 4 is 11.8 Å². The molecule has 0 aliphatic carbocycles. The van der Waals surface area contributed by atoms with Crippen LogP contribution in [0.15, 0.2) is 4.99 Å². The molecule has 1 rings (SSSR count). The lowest BCUT2D eigenvalue weighted by atomic mass is 10.0. The van der Waals surface area contributed by atoms with Crippen LogP contribution in [0, 0.1) is 5.92 Å². The predicted octanol–water partition coefficient (Wildman–Crippen LogP) is 0.317. The Morgan fingerprint density at radius 2 is 2.42 bits per heavy atom. The molecule has 0 bridgehead atoms. The zero-order chi connectivity index (χ0) is 8.97. The van der Waals surface area contributed by atoms with Crippen molar-refractivity contribution in [3.63, 3.8) is 0 Å². The lowest BCUT2D eigenvalue weighted by Crippen LogP contribution is -2.30. The number of esters is 1. The van der Waals surface area contributed by atoms with Gasteiger partial charge >= 0.3 is 5.97 Å². The Labute approximate surface area is 71.8 Å². The molecule has 1 aliphatic heterocycles. The van der Waals surface area contributed by atoms with Gasteiger partial charge in [0.15, 0.2) is 0 Å². The van der Waals surface area contributed by atoms with Crippen LogP contribution < -0.4 is 5.73 Å².